The molecule has 1 amide bonds. The van der Waals surface area contributed by atoms with Gasteiger partial charge in [-0.15, -0.1) is 0 Å². The Morgan fingerprint density at radius 1 is 1.07 bits per heavy atom. The summed E-state index contributed by atoms with van der Waals surface area (Å²) in [4.78, 5) is 42.0. The number of likely N-dealkylation sites (N-methyl/N-ethyl adjacent to an activating group) is 1. The van der Waals surface area contributed by atoms with Crippen LogP contribution in [0.2, 0.25) is 0 Å². The van der Waals surface area contributed by atoms with Crippen LogP contribution in [0.5, 0.6) is 5.75 Å². The number of Topliss-reactive ketones (excluding diaryl/α,β-unsaturated/α-hetero) is 2. The van der Waals surface area contributed by atoms with Gasteiger partial charge in [0.15, 0.2) is 11.4 Å². The van der Waals surface area contributed by atoms with Crippen molar-refractivity contribution in [3.63, 3.8) is 0 Å². The van der Waals surface area contributed by atoms with Crippen LogP contribution in [-0.2, 0) is 30.3 Å². The summed E-state index contributed by atoms with van der Waals surface area (Å²) in [5, 5.41) is 60.7. The standard InChI is InChI=1S/C23H27N3O7.C8H18O4/c1-25(2)12-5-6-13(27)15-10(12)7-9-8-11-17(26(3)4)19(29)16(22(24)32)21(31)23(11,33)20(30)14(9)18(15)28;1-8(12-7-4-10)2-5-11-6-3-9/h5-6,9,11,17,27-28,31,33H,7-8H2,1-4H3,(H2,24,32);8-10H,2-7H2,1H3/t9-,11-,17-,23-;/m0./s1. The fraction of sp³-hybridized carbons (Fsp3) is 0.581. The van der Waals surface area contributed by atoms with Crippen molar-refractivity contribution in [1.29, 1.82) is 0 Å². The summed E-state index contributed by atoms with van der Waals surface area (Å²) in [7, 11) is 6.75. The van der Waals surface area contributed by atoms with Crippen LogP contribution in [0, 0.1) is 11.8 Å². The van der Waals surface area contributed by atoms with Crippen molar-refractivity contribution in [2.45, 2.75) is 43.9 Å². The fourth-order valence-corrected chi connectivity index (χ4v) is 6.40. The summed E-state index contributed by atoms with van der Waals surface area (Å²) in [5.41, 5.74) is 3.15. The molecule has 5 atom stereocenters. The van der Waals surface area contributed by atoms with Gasteiger partial charge in [-0.05, 0) is 63.9 Å². The molecule has 3 aliphatic rings. The van der Waals surface area contributed by atoms with Crippen molar-refractivity contribution in [2.24, 2.45) is 17.6 Å². The number of hydrogen-bond donors (Lipinski definition) is 7. The summed E-state index contributed by atoms with van der Waals surface area (Å²) >= 11 is 0. The van der Waals surface area contributed by atoms with E-state index in [4.69, 9.17) is 25.4 Å². The number of ether oxygens (including phenoxy) is 2. The molecule has 0 heterocycles. The van der Waals surface area contributed by atoms with Gasteiger partial charge < -0.3 is 50.7 Å². The first-order valence-electron chi connectivity index (χ1n) is 14.7. The molecule has 0 spiro atoms. The lowest BCUT2D eigenvalue weighted by molar-refractivity contribution is -0.153. The Kier molecular flexibility index (Phi) is 11.7. The van der Waals surface area contributed by atoms with E-state index >= 15 is 0 Å². The van der Waals surface area contributed by atoms with E-state index in [9.17, 15) is 34.8 Å². The van der Waals surface area contributed by atoms with Crippen LogP contribution in [0.25, 0.3) is 5.76 Å². The van der Waals surface area contributed by atoms with Crippen LogP contribution in [-0.4, -0.2) is 132 Å². The van der Waals surface area contributed by atoms with Crippen LogP contribution in [0.4, 0.5) is 5.69 Å². The molecule has 3 aliphatic carbocycles. The molecule has 0 saturated heterocycles. The van der Waals surface area contributed by atoms with Crippen LogP contribution >= 0.6 is 0 Å². The lowest BCUT2D eigenvalue weighted by atomic mass is 9.57. The number of nitrogens with two attached hydrogens (primary N) is 1. The first-order chi connectivity index (χ1) is 21.1. The zero-order valence-electron chi connectivity index (χ0n) is 26.3. The SMILES string of the molecule is CC(CCOCCO)OCCO.CN(C)c1ccc(O)c2c1C[C@H]1C[C@H]3[C@H](N(C)C)C(=O)C(C(N)=O)=C(O)[C@@]3(O)C(=O)C1=C2O. The van der Waals surface area contributed by atoms with Crippen molar-refractivity contribution in [3.8, 4) is 5.75 Å². The number of carbonyl (C=O) groups excluding carboxylic acids is 3. The van der Waals surface area contributed by atoms with E-state index in [1.165, 1.54) is 11.0 Å². The Morgan fingerprint density at radius 3 is 2.27 bits per heavy atom. The van der Waals surface area contributed by atoms with Crippen LogP contribution < -0.4 is 10.6 Å². The average molecular weight is 636 g/mol. The maximum atomic E-state index is 13.7. The molecule has 1 aromatic rings. The molecule has 1 saturated carbocycles. The number of aliphatic hydroxyl groups is 5. The lowest BCUT2D eigenvalue weighted by Gasteiger charge is -2.50. The number of ketones is 2. The Balaban J connectivity index is 0.000000392. The van der Waals surface area contributed by atoms with E-state index in [0.29, 0.717) is 25.4 Å². The third-order valence-corrected chi connectivity index (χ3v) is 8.46. The molecule has 250 valence electrons. The Hall–Kier alpha value is -3.53. The minimum absolute atomic E-state index is 0.0574. The summed E-state index contributed by atoms with van der Waals surface area (Å²) in [5.74, 6) is -6.54. The number of hydrogen-bond acceptors (Lipinski definition) is 13. The van der Waals surface area contributed by atoms with Crippen molar-refractivity contribution in [1.82, 2.24) is 4.90 Å². The van der Waals surface area contributed by atoms with Gasteiger partial charge >= 0.3 is 0 Å². The number of phenolic OH excluding ortho intramolecular Hbond substituents is 1. The van der Waals surface area contributed by atoms with E-state index in [2.05, 4.69) is 0 Å². The number of fused-ring (bicyclic) bond motifs is 3. The Morgan fingerprint density at radius 2 is 1.71 bits per heavy atom. The van der Waals surface area contributed by atoms with Gasteiger partial charge in [-0.3, -0.25) is 19.3 Å². The predicted molar refractivity (Wildman–Crippen MR) is 164 cm³/mol. The third kappa shape index (κ3) is 6.86. The number of phenols is 1. The number of nitrogens with zero attached hydrogens (tertiary/aromatic N) is 2. The van der Waals surface area contributed by atoms with Gasteiger partial charge in [0, 0.05) is 37.9 Å². The second kappa shape index (κ2) is 14.7. The zero-order valence-corrected chi connectivity index (χ0v) is 26.3. The summed E-state index contributed by atoms with van der Waals surface area (Å²) in [6.07, 6.45) is 1.22. The normalized spacial score (nSPS) is 24.9. The average Bonchev–Trinajstić information content (AvgIpc) is 2.96. The van der Waals surface area contributed by atoms with E-state index in [-0.39, 0.29) is 49.0 Å². The van der Waals surface area contributed by atoms with Gasteiger partial charge in [0.2, 0.25) is 5.78 Å². The zero-order chi connectivity index (χ0) is 33.8. The summed E-state index contributed by atoms with van der Waals surface area (Å²) in [6, 6.07) is 2.01. The number of anilines is 1. The van der Waals surface area contributed by atoms with Crippen molar-refractivity contribution < 1.29 is 54.5 Å². The number of rotatable bonds is 11. The lowest BCUT2D eigenvalue weighted by Crippen LogP contribution is -2.65. The molecule has 14 heteroatoms. The molecule has 0 aliphatic heterocycles. The maximum Gasteiger partial charge on any atom is 0.255 e. The second-order valence-electron chi connectivity index (χ2n) is 11.8. The first kappa shape index (κ1) is 35.9. The number of amides is 1. The highest BCUT2D eigenvalue weighted by Crippen LogP contribution is 2.53. The van der Waals surface area contributed by atoms with Crippen LogP contribution in [0.3, 0.4) is 0 Å². The van der Waals surface area contributed by atoms with Crippen molar-refractivity contribution in [3.05, 3.63) is 40.2 Å². The minimum atomic E-state index is -2.63. The number of primary amides is 1. The monoisotopic (exact) mass is 635 g/mol. The van der Waals surface area contributed by atoms with Crippen LogP contribution in [0.15, 0.2) is 29.0 Å². The van der Waals surface area contributed by atoms with Gasteiger partial charge in [0.05, 0.1) is 44.1 Å². The van der Waals surface area contributed by atoms with Crippen molar-refractivity contribution in [2.75, 3.05) is 66.1 Å². The fourth-order valence-electron chi connectivity index (χ4n) is 6.40. The molecule has 4 rings (SSSR count). The highest BCUT2D eigenvalue weighted by molar-refractivity contribution is 6.24. The minimum Gasteiger partial charge on any atom is -0.508 e. The van der Waals surface area contributed by atoms with Crippen molar-refractivity contribution >= 4 is 28.9 Å². The van der Waals surface area contributed by atoms with Gasteiger partial charge in [0.1, 0.15) is 22.8 Å². The van der Waals surface area contributed by atoms with Crippen LogP contribution in [0.1, 0.15) is 30.9 Å². The predicted octanol–water partition coefficient (Wildman–Crippen LogP) is -0.187. The summed E-state index contributed by atoms with van der Waals surface area (Å²) < 4.78 is 10.2. The number of carbonyl (C=O) groups is 3. The van der Waals surface area contributed by atoms with Gasteiger partial charge in [-0.25, -0.2) is 0 Å². The second-order valence-corrected chi connectivity index (χ2v) is 11.8. The summed E-state index contributed by atoms with van der Waals surface area (Å²) in [6.45, 7) is 3.40. The van der Waals surface area contributed by atoms with Gasteiger partial charge in [-0.1, -0.05) is 0 Å². The number of aliphatic hydroxyl groups excluding tert-OH is 4. The highest BCUT2D eigenvalue weighted by atomic mass is 16.5. The molecule has 8 N–H and O–H groups in total. The maximum absolute atomic E-state index is 13.7. The molecule has 1 unspecified atom stereocenters. The van der Waals surface area contributed by atoms with E-state index in [1.807, 2.05) is 25.9 Å². The smallest absolute Gasteiger partial charge is 0.255 e. The molecular formula is C31H45N3O11. The highest BCUT2D eigenvalue weighted by Gasteiger charge is 2.64. The quantitative estimate of drug-likeness (QED) is 0.124. The largest absolute Gasteiger partial charge is 0.508 e. The number of benzene rings is 1. The van der Waals surface area contributed by atoms with E-state index in [1.54, 1.807) is 20.2 Å². The third-order valence-electron chi connectivity index (χ3n) is 8.46. The number of aromatic hydroxyl groups is 1. The molecule has 1 fully saturated rings. The molecule has 1 aromatic carbocycles. The molecule has 0 bridgehead atoms. The molecular weight excluding hydrogens is 590 g/mol. The molecule has 45 heavy (non-hydrogen) atoms. The molecule has 0 aromatic heterocycles. The first-order valence-corrected chi connectivity index (χ1v) is 14.7. The Labute approximate surface area is 262 Å². The van der Waals surface area contributed by atoms with E-state index < -0.39 is 58.0 Å². The van der Waals surface area contributed by atoms with E-state index in [0.717, 1.165) is 12.1 Å². The molecule has 0 radical (unpaired) electrons. The molecule has 14 nitrogen and oxygen atoms in total. The topological polar surface area (TPSA) is 224 Å². The van der Waals surface area contributed by atoms with Gasteiger partial charge in [0.25, 0.3) is 5.91 Å². The van der Waals surface area contributed by atoms with Gasteiger partial charge in [-0.2, -0.15) is 0 Å². The Bertz CT molecular complexity index is 1360.